The summed E-state index contributed by atoms with van der Waals surface area (Å²) >= 11 is 0. The zero-order valence-electron chi connectivity index (χ0n) is 13.9. The summed E-state index contributed by atoms with van der Waals surface area (Å²) in [5.41, 5.74) is 7.08. The quantitative estimate of drug-likeness (QED) is 0.688. The molecule has 0 bridgehead atoms. The maximum absolute atomic E-state index is 12.2. The molecule has 1 fully saturated rings. The highest BCUT2D eigenvalue weighted by Gasteiger charge is 2.20. The Hall–Kier alpha value is -3.49. The summed E-state index contributed by atoms with van der Waals surface area (Å²) in [4.78, 5) is 42.9. The van der Waals surface area contributed by atoms with Crippen molar-refractivity contribution in [3.05, 3.63) is 52.7 Å². The van der Waals surface area contributed by atoms with Crippen molar-refractivity contribution in [1.82, 2.24) is 19.9 Å². The Labute approximate surface area is 148 Å². The highest BCUT2D eigenvalue weighted by Crippen LogP contribution is 2.18. The van der Waals surface area contributed by atoms with Gasteiger partial charge >= 0.3 is 0 Å². The van der Waals surface area contributed by atoms with E-state index in [1.807, 2.05) is 11.0 Å². The van der Waals surface area contributed by atoms with Crippen LogP contribution in [0, 0.1) is 0 Å². The molecule has 1 saturated heterocycles. The normalized spacial score (nSPS) is 14.6. The number of carbonyl (C=O) groups is 1. The van der Waals surface area contributed by atoms with Crippen molar-refractivity contribution < 1.29 is 4.79 Å². The van der Waals surface area contributed by atoms with Gasteiger partial charge in [-0.05, 0) is 24.3 Å². The van der Waals surface area contributed by atoms with Crippen LogP contribution in [0.5, 0.6) is 0 Å². The van der Waals surface area contributed by atoms with Crippen LogP contribution in [-0.2, 0) is 0 Å². The van der Waals surface area contributed by atoms with Gasteiger partial charge in [0.2, 0.25) is 5.95 Å². The molecule has 0 spiro atoms. The Morgan fingerprint density at radius 2 is 1.85 bits per heavy atom. The molecule has 3 aromatic heterocycles. The topological polar surface area (TPSA) is 121 Å². The van der Waals surface area contributed by atoms with Crippen molar-refractivity contribution in [1.29, 1.82) is 0 Å². The molecule has 0 saturated carbocycles. The molecule has 9 nitrogen and oxygen atoms in total. The van der Waals surface area contributed by atoms with E-state index < -0.39 is 5.91 Å². The van der Waals surface area contributed by atoms with Crippen molar-refractivity contribution in [3.63, 3.8) is 0 Å². The number of amides is 1. The van der Waals surface area contributed by atoms with E-state index in [9.17, 15) is 9.59 Å². The van der Waals surface area contributed by atoms with E-state index in [1.54, 1.807) is 30.6 Å². The van der Waals surface area contributed by atoms with Crippen LogP contribution in [-0.4, -0.2) is 52.0 Å². The maximum atomic E-state index is 12.2. The summed E-state index contributed by atoms with van der Waals surface area (Å²) in [5, 5.41) is 0. The van der Waals surface area contributed by atoms with E-state index >= 15 is 0 Å². The van der Waals surface area contributed by atoms with Gasteiger partial charge in [-0.15, -0.1) is 0 Å². The number of anilines is 2. The van der Waals surface area contributed by atoms with E-state index in [1.165, 1.54) is 0 Å². The molecular formula is C17H17N7O2. The number of aromatic nitrogens is 4. The molecule has 1 aliphatic heterocycles. The Kier molecular flexibility index (Phi) is 3.96. The fourth-order valence-corrected chi connectivity index (χ4v) is 3.01. The van der Waals surface area contributed by atoms with Crippen LogP contribution in [0.1, 0.15) is 10.5 Å². The minimum absolute atomic E-state index is 0.237. The van der Waals surface area contributed by atoms with Gasteiger partial charge in [-0.2, -0.15) is 0 Å². The summed E-state index contributed by atoms with van der Waals surface area (Å²) < 4.78 is 0. The fraction of sp³-hybridized carbons (Fsp3) is 0.235. The zero-order valence-corrected chi connectivity index (χ0v) is 13.9. The number of nitrogens with zero attached hydrogens (tertiary/aromatic N) is 5. The van der Waals surface area contributed by atoms with Crippen molar-refractivity contribution >= 4 is 28.6 Å². The Bertz CT molecular complexity index is 1010. The highest BCUT2D eigenvalue weighted by molar-refractivity contribution is 5.90. The summed E-state index contributed by atoms with van der Waals surface area (Å²) in [6.07, 6.45) is 3.23. The third-order valence-corrected chi connectivity index (χ3v) is 4.40. The molecule has 4 rings (SSSR count). The predicted molar refractivity (Wildman–Crippen MR) is 97.3 cm³/mol. The largest absolute Gasteiger partial charge is 0.367 e. The predicted octanol–water partition coefficient (Wildman–Crippen LogP) is 0.139. The summed E-state index contributed by atoms with van der Waals surface area (Å²) in [7, 11) is 0. The fourth-order valence-electron chi connectivity index (χ4n) is 3.01. The number of aromatic amines is 1. The second-order valence-electron chi connectivity index (χ2n) is 6.00. The third-order valence-electron chi connectivity index (χ3n) is 4.40. The van der Waals surface area contributed by atoms with E-state index in [2.05, 4.69) is 24.8 Å². The number of nitrogens with two attached hydrogens (primary N) is 1. The molecule has 0 atom stereocenters. The molecule has 4 heterocycles. The van der Waals surface area contributed by atoms with Gasteiger partial charge in [0.15, 0.2) is 5.52 Å². The summed E-state index contributed by atoms with van der Waals surface area (Å²) in [5.74, 6) is 0.0135. The zero-order chi connectivity index (χ0) is 18.1. The van der Waals surface area contributed by atoms with Crippen molar-refractivity contribution in [3.8, 4) is 0 Å². The smallest absolute Gasteiger partial charge is 0.278 e. The van der Waals surface area contributed by atoms with Crippen LogP contribution in [0.15, 0.2) is 41.5 Å². The van der Waals surface area contributed by atoms with Crippen LogP contribution in [0.3, 0.4) is 0 Å². The van der Waals surface area contributed by atoms with Gasteiger partial charge in [0.1, 0.15) is 5.69 Å². The number of rotatable bonds is 3. The Balaban J connectivity index is 1.50. The van der Waals surface area contributed by atoms with Crippen molar-refractivity contribution in [2.24, 2.45) is 5.73 Å². The first-order valence-electron chi connectivity index (χ1n) is 8.22. The van der Waals surface area contributed by atoms with Gasteiger partial charge in [0.25, 0.3) is 11.5 Å². The van der Waals surface area contributed by atoms with Crippen LogP contribution in [0.4, 0.5) is 11.6 Å². The lowest BCUT2D eigenvalue weighted by Gasteiger charge is -2.36. The standard InChI is InChI=1S/C17H17N7O2/c18-15(25)13-4-3-11(10-20-13)23-6-8-24(9-7-23)17-21-12-2-1-5-19-14(12)16(26)22-17/h1-5,10H,6-9H2,(H2,18,25)(H,21,22,26). The van der Waals surface area contributed by atoms with E-state index in [4.69, 9.17) is 5.73 Å². The molecule has 0 aliphatic carbocycles. The van der Waals surface area contributed by atoms with Crippen molar-refractivity contribution in [2.45, 2.75) is 0 Å². The number of hydrogen-bond donors (Lipinski definition) is 2. The van der Waals surface area contributed by atoms with Gasteiger partial charge in [-0.3, -0.25) is 14.6 Å². The Morgan fingerprint density at radius 1 is 1.08 bits per heavy atom. The van der Waals surface area contributed by atoms with E-state index in [0.717, 1.165) is 18.8 Å². The number of fused-ring (bicyclic) bond motifs is 1. The second-order valence-corrected chi connectivity index (χ2v) is 6.00. The first-order valence-corrected chi connectivity index (χ1v) is 8.22. The molecule has 0 aromatic carbocycles. The lowest BCUT2D eigenvalue weighted by Crippen LogP contribution is -2.47. The number of pyridine rings is 2. The molecule has 0 radical (unpaired) electrons. The van der Waals surface area contributed by atoms with Crippen LogP contribution >= 0.6 is 0 Å². The molecule has 1 aliphatic rings. The molecule has 3 N–H and O–H groups in total. The third kappa shape index (κ3) is 2.94. The summed E-state index contributed by atoms with van der Waals surface area (Å²) in [6.45, 7) is 2.89. The number of piperazine rings is 1. The number of hydrogen-bond acceptors (Lipinski definition) is 7. The SMILES string of the molecule is NC(=O)c1ccc(N2CCN(c3nc4cccnc4c(=O)[nH]3)CC2)cn1. The second kappa shape index (κ2) is 6.43. The van der Waals surface area contributed by atoms with E-state index in [-0.39, 0.29) is 11.3 Å². The van der Waals surface area contributed by atoms with Crippen LogP contribution in [0.2, 0.25) is 0 Å². The van der Waals surface area contributed by atoms with Gasteiger partial charge in [0.05, 0.1) is 17.4 Å². The number of H-pyrrole nitrogens is 1. The molecule has 9 heteroatoms. The van der Waals surface area contributed by atoms with Crippen LogP contribution in [0.25, 0.3) is 11.0 Å². The average Bonchev–Trinajstić information content (AvgIpc) is 2.68. The van der Waals surface area contributed by atoms with E-state index in [0.29, 0.717) is 30.1 Å². The molecule has 3 aromatic rings. The molecule has 132 valence electrons. The highest BCUT2D eigenvalue weighted by atomic mass is 16.1. The number of primary amides is 1. The molecular weight excluding hydrogens is 334 g/mol. The number of carbonyl (C=O) groups excluding carboxylic acids is 1. The number of nitrogens with one attached hydrogen (secondary N) is 1. The molecule has 1 amide bonds. The minimum Gasteiger partial charge on any atom is -0.367 e. The Morgan fingerprint density at radius 3 is 2.54 bits per heavy atom. The lowest BCUT2D eigenvalue weighted by molar-refractivity contribution is 0.0995. The molecule has 0 unspecified atom stereocenters. The van der Waals surface area contributed by atoms with Gasteiger partial charge in [-0.1, -0.05) is 0 Å². The minimum atomic E-state index is -0.540. The van der Waals surface area contributed by atoms with Gasteiger partial charge in [-0.25, -0.2) is 15.0 Å². The first-order chi connectivity index (χ1) is 12.6. The maximum Gasteiger partial charge on any atom is 0.278 e. The monoisotopic (exact) mass is 351 g/mol. The summed E-state index contributed by atoms with van der Waals surface area (Å²) in [6, 6.07) is 7.01. The average molecular weight is 351 g/mol. The van der Waals surface area contributed by atoms with Gasteiger partial charge in [0, 0.05) is 32.4 Å². The lowest BCUT2D eigenvalue weighted by atomic mass is 10.2. The van der Waals surface area contributed by atoms with Crippen molar-refractivity contribution in [2.75, 3.05) is 36.0 Å². The first kappa shape index (κ1) is 16.0. The van der Waals surface area contributed by atoms with Gasteiger partial charge < -0.3 is 15.5 Å². The molecule has 26 heavy (non-hydrogen) atoms. The van der Waals surface area contributed by atoms with Crippen LogP contribution < -0.4 is 21.1 Å².